The van der Waals surface area contributed by atoms with Gasteiger partial charge in [0.05, 0.1) is 12.1 Å². The maximum Gasteiger partial charge on any atom is 0.255 e. The van der Waals surface area contributed by atoms with Crippen LogP contribution in [0.25, 0.3) is 0 Å². The number of carbonyl (C=O) groups excluding carboxylic acids is 1. The second kappa shape index (κ2) is 5.57. The van der Waals surface area contributed by atoms with Crippen LogP contribution in [0.5, 0.6) is 0 Å². The number of aryl methyl sites for hydroxylation is 1. The summed E-state index contributed by atoms with van der Waals surface area (Å²) in [4.78, 5) is 13.8. The average molecular weight is 221 g/mol. The lowest BCUT2D eigenvalue weighted by molar-refractivity contribution is 0.0777. The Bertz CT molecular complexity index is 375. The molecule has 0 saturated heterocycles. The molecule has 0 aliphatic heterocycles. The van der Waals surface area contributed by atoms with Crippen LogP contribution in [-0.4, -0.2) is 23.9 Å². The zero-order valence-electron chi connectivity index (χ0n) is 9.12. The van der Waals surface area contributed by atoms with Crippen molar-refractivity contribution in [2.75, 3.05) is 13.1 Å². The number of hydrogen-bond acceptors (Lipinski definition) is 2. The van der Waals surface area contributed by atoms with E-state index in [1.54, 1.807) is 16.2 Å². The van der Waals surface area contributed by atoms with E-state index in [-0.39, 0.29) is 5.91 Å². The van der Waals surface area contributed by atoms with E-state index in [0.29, 0.717) is 6.54 Å². The minimum absolute atomic E-state index is 0.0496. The third kappa shape index (κ3) is 2.84. The molecule has 0 N–H and O–H groups in total. The number of terminal acetylenes is 1. The number of rotatable bonds is 4. The molecule has 0 aliphatic rings. The van der Waals surface area contributed by atoms with Gasteiger partial charge in [0, 0.05) is 11.9 Å². The Morgan fingerprint density at radius 2 is 2.33 bits per heavy atom. The van der Waals surface area contributed by atoms with E-state index in [4.69, 9.17) is 6.42 Å². The fraction of sp³-hybridized carbons (Fsp3) is 0.417. The first-order valence-corrected chi connectivity index (χ1v) is 5.90. The van der Waals surface area contributed by atoms with Crippen molar-refractivity contribution in [2.24, 2.45) is 0 Å². The number of thiophene rings is 1. The number of hydrogen-bond donors (Lipinski definition) is 0. The van der Waals surface area contributed by atoms with Crippen molar-refractivity contribution in [2.45, 2.75) is 20.3 Å². The Labute approximate surface area is 94.9 Å². The molecule has 0 aromatic carbocycles. The van der Waals surface area contributed by atoms with Gasteiger partial charge in [0.1, 0.15) is 0 Å². The van der Waals surface area contributed by atoms with Crippen LogP contribution in [0.3, 0.4) is 0 Å². The van der Waals surface area contributed by atoms with Gasteiger partial charge >= 0.3 is 0 Å². The van der Waals surface area contributed by atoms with E-state index < -0.39 is 0 Å². The van der Waals surface area contributed by atoms with Crippen LogP contribution in [-0.2, 0) is 0 Å². The third-order valence-corrected chi connectivity index (χ3v) is 3.01. The monoisotopic (exact) mass is 221 g/mol. The summed E-state index contributed by atoms with van der Waals surface area (Å²) in [5.74, 6) is 2.57. The summed E-state index contributed by atoms with van der Waals surface area (Å²) >= 11 is 1.55. The van der Waals surface area contributed by atoms with Gasteiger partial charge in [-0.1, -0.05) is 12.8 Å². The first-order chi connectivity index (χ1) is 7.20. The number of amides is 1. The summed E-state index contributed by atoms with van der Waals surface area (Å²) in [6.45, 7) is 5.10. The zero-order chi connectivity index (χ0) is 11.3. The lowest BCUT2D eigenvalue weighted by Gasteiger charge is -2.19. The number of carbonyl (C=O) groups is 1. The summed E-state index contributed by atoms with van der Waals surface area (Å²) in [6, 6.07) is 0. The summed E-state index contributed by atoms with van der Waals surface area (Å²) in [5.41, 5.74) is 1.81. The van der Waals surface area contributed by atoms with Crippen LogP contribution in [0, 0.1) is 19.3 Å². The molecule has 1 aromatic heterocycles. The second-order valence-corrected chi connectivity index (χ2v) is 4.14. The van der Waals surface area contributed by atoms with Crippen molar-refractivity contribution in [1.82, 2.24) is 4.90 Å². The normalized spacial score (nSPS) is 9.67. The van der Waals surface area contributed by atoms with Crippen LogP contribution in [0.4, 0.5) is 0 Å². The van der Waals surface area contributed by atoms with Crippen LogP contribution in [0.1, 0.15) is 29.3 Å². The highest BCUT2D eigenvalue weighted by atomic mass is 32.1. The van der Waals surface area contributed by atoms with Gasteiger partial charge in [-0.05, 0) is 24.3 Å². The molecule has 1 aromatic rings. The molecule has 0 spiro atoms. The fourth-order valence-electron chi connectivity index (χ4n) is 1.38. The highest BCUT2D eigenvalue weighted by molar-refractivity contribution is 7.08. The van der Waals surface area contributed by atoms with Gasteiger partial charge in [-0.15, -0.1) is 6.42 Å². The summed E-state index contributed by atoms with van der Waals surface area (Å²) in [7, 11) is 0. The first kappa shape index (κ1) is 11.8. The summed E-state index contributed by atoms with van der Waals surface area (Å²) < 4.78 is 0. The second-order valence-electron chi connectivity index (χ2n) is 3.40. The molecule has 2 nitrogen and oxygen atoms in total. The predicted molar refractivity (Wildman–Crippen MR) is 64.1 cm³/mol. The maximum atomic E-state index is 12.0. The van der Waals surface area contributed by atoms with Crippen molar-refractivity contribution in [1.29, 1.82) is 0 Å². The van der Waals surface area contributed by atoms with Crippen LogP contribution in [0.2, 0.25) is 0 Å². The molecule has 1 amide bonds. The molecule has 15 heavy (non-hydrogen) atoms. The first-order valence-electron chi connectivity index (χ1n) is 4.96. The van der Waals surface area contributed by atoms with E-state index in [1.807, 2.05) is 24.6 Å². The average Bonchev–Trinajstić information content (AvgIpc) is 2.63. The highest BCUT2D eigenvalue weighted by Crippen LogP contribution is 2.16. The minimum atomic E-state index is 0.0496. The van der Waals surface area contributed by atoms with Gasteiger partial charge in [-0.3, -0.25) is 4.79 Å². The molecule has 0 atom stereocenters. The molecule has 1 heterocycles. The van der Waals surface area contributed by atoms with Crippen LogP contribution < -0.4 is 0 Å². The van der Waals surface area contributed by atoms with E-state index in [1.165, 1.54) is 0 Å². The molecule has 0 radical (unpaired) electrons. The van der Waals surface area contributed by atoms with E-state index >= 15 is 0 Å². The standard InChI is InChI=1S/C12H15NOS/c1-4-6-13(7-5-2)12(14)11-9-15-8-10(11)3/h1,8-9H,5-7H2,2-3H3. The fourth-order valence-corrected chi connectivity index (χ4v) is 2.20. The molecule has 0 aliphatic carbocycles. The largest absolute Gasteiger partial charge is 0.327 e. The van der Waals surface area contributed by atoms with Gasteiger partial charge in [0.15, 0.2) is 0 Å². The molecular weight excluding hydrogens is 206 g/mol. The van der Waals surface area contributed by atoms with E-state index in [0.717, 1.165) is 24.1 Å². The predicted octanol–water partition coefficient (Wildman–Crippen LogP) is 2.54. The summed E-state index contributed by atoms with van der Waals surface area (Å²) in [5, 5.41) is 3.87. The van der Waals surface area contributed by atoms with E-state index in [2.05, 4.69) is 5.92 Å². The van der Waals surface area contributed by atoms with Gasteiger partial charge in [-0.2, -0.15) is 11.3 Å². The zero-order valence-corrected chi connectivity index (χ0v) is 9.93. The SMILES string of the molecule is C#CCN(CCC)C(=O)c1cscc1C. The van der Waals surface area contributed by atoms with Crippen molar-refractivity contribution in [3.05, 3.63) is 21.9 Å². The van der Waals surface area contributed by atoms with Crippen molar-refractivity contribution >= 4 is 17.2 Å². The van der Waals surface area contributed by atoms with Gasteiger partial charge in [-0.25, -0.2) is 0 Å². The van der Waals surface area contributed by atoms with Gasteiger partial charge < -0.3 is 4.90 Å². The number of nitrogens with zero attached hydrogens (tertiary/aromatic N) is 1. The molecule has 1 rings (SSSR count). The molecule has 0 fully saturated rings. The van der Waals surface area contributed by atoms with Gasteiger partial charge in [0.2, 0.25) is 0 Å². The van der Waals surface area contributed by atoms with Crippen LogP contribution >= 0.6 is 11.3 Å². The van der Waals surface area contributed by atoms with Crippen molar-refractivity contribution in [3.8, 4) is 12.3 Å². The van der Waals surface area contributed by atoms with E-state index in [9.17, 15) is 4.79 Å². The maximum absolute atomic E-state index is 12.0. The Hall–Kier alpha value is -1.27. The Morgan fingerprint density at radius 3 is 2.80 bits per heavy atom. The Morgan fingerprint density at radius 1 is 1.60 bits per heavy atom. The smallest absolute Gasteiger partial charge is 0.255 e. The molecule has 0 saturated carbocycles. The Balaban J connectivity index is 2.81. The van der Waals surface area contributed by atoms with Crippen molar-refractivity contribution < 1.29 is 4.79 Å². The lowest BCUT2D eigenvalue weighted by atomic mass is 10.2. The Kier molecular flexibility index (Phi) is 4.38. The quantitative estimate of drug-likeness (QED) is 0.715. The van der Waals surface area contributed by atoms with Crippen LogP contribution in [0.15, 0.2) is 10.8 Å². The topological polar surface area (TPSA) is 20.3 Å². The molecule has 80 valence electrons. The molecule has 3 heteroatoms. The lowest BCUT2D eigenvalue weighted by Crippen LogP contribution is -2.32. The molecule has 0 bridgehead atoms. The minimum Gasteiger partial charge on any atom is -0.327 e. The third-order valence-electron chi connectivity index (χ3n) is 2.15. The highest BCUT2D eigenvalue weighted by Gasteiger charge is 2.16. The molecular formula is C12H15NOS. The van der Waals surface area contributed by atoms with Gasteiger partial charge in [0.25, 0.3) is 5.91 Å². The summed E-state index contributed by atoms with van der Waals surface area (Å²) in [6.07, 6.45) is 6.17. The molecule has 0 unspecified atom stereocenters. The van der Waals surface area contributed by atoms with Crippen molar-refractivity contribution in [3.63, 3.8) is 0 Å².